The number of benzene rings is 7. The van der Waals surface area contributed by atoms with Gasteiger partial charge in [-0.15, -0.1) is 0 Å². The van der Waals surface area contributed by atoms with Crippen molar-refractivity contribution in [3.05, 3.63) is 176 Å². The van der Waals surface area contributed by atoms with Crippen molar-refractivity contribution in [3.8, 4) is 0 Å². The van der Waals surface area contributed by atoms with Crippen LogP contribution in [0.4, 0.5) is 51.2 Å². The Balaban J connectivity index is 1.32. The van der Waals surface area contributed by atoms with Gasteiger partial charge in [-0.25, -0.2) is 0 Å². The second-order valence-corrected chi connectivity index (χ2v) is 14.2. The lowest BCUT2D eigenvalue weighted by Gasteiger charge is -2.47. The van der Waals surface area contributed by atoms with Crippen molar-refractivity contribution in [2.75, 3.05) is 14.7 Å². The summed E-state index contributed by atoms with van der Waals surface area (Å²) < 4.78 is 0. The number of rotatable bonds is 3. The Morgan fingerprint density at radius 2 is 1.04 bits per heavy atom. The molecule has 6 heteroatoms. The molecule has 3 aliphatic heterocycles. The van der Waals surface area contributed by atoms with E-state index >= 15 is 0 Å². The molecule has 0 spiro atoms. The van der Waals surface area contributed by atoms with Crippen molar-refractivity contribution in [2.24, 2.45) is 0 Å². The maximum Gasteiger partial charge on any atom is 0.252 e. The molecule has 0 amide bonds. The third kappa shape index (κ3) is 4.14. The minimum atomic E-state index is 0.0538. The highest BCUT2D eigenvalue weighted by Gasteiger charge is 2.46. The summed E-state index contributed by atoms with van der Waals surface area (Å²) in [6, 6.07) is 61.6. The Labute approximate surface area is 301 Å². The molecule has 0 saturated carbocycles. The van der Waals surface area contributed by atoms with Gasteiger partial charge in [-0.1, -0.05) is 115 Å². The Morgan fingerprint density at radius 3 is 1.78 bits per heavy atom. The first-order valence-electron chi connectivity index (χ1n) is 17.3. The molecule has 0 atom stereocenters. The zero-order valence-corrected chi connectivity index (χ0v) is 28.3. The Bertz CT molecular complexity index is 2650. The zero-order chi connectivity index (χ0) is 33.5. The van der Waals surface area contributed by atoms with Gasteiger partial charge in [0.1, 0.15) is 0 Å². The van der Waals surface area contributed by atoms with E-state index in [1.165, 1.54) is 48.9 Å². The van der Waals surface area contributed by atoms with Crippen molar-refractivity contribution in [2.45, 2.75) is 9.79 Å². The van der Waals surface area contributed by atoms with Crippen LogP contribution < -0.4 is 31.1 Å². The van der Waals surface area contributed by atoms with Crippen molar-refractivity contribution >= 4 is 97.0 Å². The molecular formula is C45H29BN4S. The second-order valence-electron chi connectivity index (χ2n) is 13.2. The number of pyridine rings is 1. The smallest absolute Gasteiger partial charge is 0.252 e. The molecule has 0 aliphatic carbocycles. The fourth-order valence-corrected chi connectivity index (χ4v) is 9.57. The number of fused-ring (bicyclic) bond motifs is 8. The summed E-state index contributed by atoms with van der Waals surface area (Å²) >= 11 is 1.88. The van der Waals surface area contributed by atoms with Crippen molar-refractivity contribution < 1.29 is 0 Å². The van der Waals surface area contributed by atoms with E-state index in [0.717, 1.165) is 39.3 Å². The number of anilines is 9. The van der Waals surface area contributed by atoms with Gasteiger partial charge < -0.3 is 14.7 Å². The molecule has 0 N–H and O–H groups in total. The predicted molar refractivity (Wildman–Crippen MR) is 215 cm³/mol. The van der Waals surface area contributed by atoms with E-state index in [1.54, 1.807) is 0 Å². The molecule has 7 aromatic carbocycles. The van der Waals surface area contributed by atoms with Gasteiger partial charge in [0.2, 0.25) is 0 Å². The minimum Gasteiger partial charge on any atom is -0.311 e. The molecule has 0 radical (unpaired) electrons. The summed E-state index contributed by atoms with van der Waals surface area (Å²) in [5.74, 6) is 0. The highest BCUT2D eigenvalue weighted by Crippen LogP contribution is 2.59. The van der Waals surface area contributed by atoms with Crippen LogP contribution in [0.25, 0.3) is 10.9 Å². The highest BCUT2D eigenvalue weighted by atomic mass is 32.2. The largest absolute Gasteiger partial charge is 0.311 e. The molecule has 8 aromatic rings. The average molecular weight is 669 g/mol. The van der Waals surface area contributed by atoms with E-state index < -0.39 is 0 Å². The van der Waals surface area contributed by atoms with Crippen molar-refractivity contribution in [1.82, 2.24) is 4.98 Å². The molecule has 238 valence electrons. The van der Waals surface area contributed by atoms with Gasteiger partial charge in [-0.05, 0) is 83.1 Å². The Kier molecular flexibility index (Phi) is 6.24. The van der Waals surface area contributed by atoms with Crippen LogP contribution in [0.3, 0.4) is 0 Å². The molecule has 11 rings (SSSR count). The monoisotopic (exact) mass is 668 g/mol. The Hall–Kier alpha value is -6.24. The van der Waals surface area contributed by atoms with Crippen LogP contribution in [0.2, 0.25) is 0 Å². The van der Waals surface area contributed by atoms with Crippen LogP contribution in [0, 0.1) is 0 Å². The van der Waals surface area contributed by atoms with Crippen LogP contribution in [-0.4, -0.2) is 11.7 Å². The predicted octanol–water partition coefficient (Wildman–Crippen LogP) is 10.3. The summed E-state index contributed by atoms with van der Waals surface area (Å²) in [6.07, 6.45) is 1.90. The number of aromatic nitrogens is 1. The third-order valence-corrected chi connectivity index (χ3v) is 11.6. The highest BCUT2D eigenvalue weighted by molar-refractivity contribution is 8.00. The first kappa shape index (κ1) is 28.6. The van der Waals surface area contributed by atoms with E-state index in [1.807, 2.05) is 24.0 Å². The molecule has 1 aromatic heterocycles. The normalized spacial score (nSPS) is 13.6. The van der Waals surface area contributed by atoms with Crippen molar-refractivity contribution in [1.29, 1.82) is 0 Å². The summed E-state index contributed by atoms with van der Waals surface area (Å²) in [4.78, 5) is 14.9. The minimum absolute atomic E-state index is 0.0538. The number of nitrogens with zero attached hydrogens (tertiary/aromatic N) is 4. The van der Waals surface area contributed by atoms with Gasteiger partial charge in [-0.3, -0.25) is 4.98 Å². The van der Waals surface area contributed by atoms with E-state index in [0.29, 0.717) is 0 Å². The molecule has 4 nitrogen and oxygen atoms in total. The Morgan fingerprint density at radius 1 is 0.451 bits per heavy atom. The van der Waals surface area contributed by atoms with Gasteiger partial charge in [-0.2, -0.15) is 0 Å². The molecular weight excluding hydrogens is 639 g/mol. The van der Waals surface area contributed by atoms with Gasteiger partial charge >= 0.3 is 0 Å². The molecule has 0 fully saturated rings. The molecule has 3 aliphatic rings. The lowest BCUT2D eigenvalue weighted by Crippen LogP contribution is -2.61. The topological polar surface area (TPSA) is 22.6 Å². The first-order valence-corrected chi connectivity index (χ1v) is 18.2. The first-order chi connectivity index (χ1) is 25.3. The molecule has 51 heavy (non-hydrogen) atoms. The molecule has 0 unspecified atom stereocenters. The average Bonchev–Trinajstić information content (AvgIpc) is 3.20. The van der Waals surface area contributed by atoms with Crippen LogP contribution in [-0.2, 0) is 0 Å². The number of hydrogen-bond donors (Lipinski definition) is 0. The second kappa shape index (κ2) is 11.1. The summed E-state index contributed by atoms with van der Waals surface area (Å²) in [7, 11) is 0. The summed E-state index contributed by atoms with van der Waals surface area (Å²) in [5, 5.41) is 1.12. The van der Waals surface area contributed by atoms with Crippen molar-refractivity contribution in [3.63, 3.8) is 0 Å². The van der Waals surface area contributed by atoms with E-state index in [4.69, 9.17) is 4.98 Å². The quantitative estimate of drug-likeness (QED) is 0.174. The van der Waals surface area contributed by atoms with E-state index in [2.05, 4.69) is 178 Å². The molecule has 0 saturated heterocycles. The van der Waals surface area contributed by atoms with Gasteiger partial charge in [0, 0.05) is 44.9 Å². The van der Waals surface area contributed by atoms with Crippen LogP contribution in [0.15, 0.2) is 186 Å². The van der Waals surface area contributed by atoms with Crippen LogP contribution >= 0.6 is 11.8 Å². The van der Waals surface area contributed by atoms with Gasteiger partial charge in [0.15, 0.2) is 0 Å². The molecule has 4 heterocycles. The third-order valence-electron chi connectivity index (χ3n) is 10.4. The lowest BCUT2D eigenvalue weighted by molar-refractivity contribution is 1.14. The number of para-hydroxylation sites is 6. The van der Waals surface area contributed by atoms with E-state index in [9.17, 15) is 0 Å². The van der Waals surface area contributed by atoms with Crippen LogP contribution in [0.5, 0.6) is 0 Å². The maximum absolute atomic E-state index is 4.97. The molecule has 0 bridgehead atoms. The standard InChI is InChI=1S/C45H29BN4S/c1-3-17-31(18-4-1)48-35-23-9-7-21-33(35)46-34-22-8-10-24-36(34)49(32-19-5-2-6-20-32)44-42(46)39(48)29-40-45(44)51-41-27-12-11-25-37(41)50(40)38-26-13-15-30-16-14-28-47-43(30)38/h1-29H. The van der Waals surface area contributed by atoms with E-state index in [-0.39, 0.29) is 6.71 Å². The summed E-state index contributed by atoms with van der Waals surface area (Å²) in [5.41, 5.74) is 15.4. The SMILES string of the molecule is c1ccc(N2c3ccccc3B3c4ccccc4N(c4ccccc4)c4c5c(cc2c43)N(c2cccc3cccnc23)c2ccccc2S5)cc1. The number of hydrogen-bond acceptors (Lipinski definition) is 5. The zero-order valence-electron chi connectivity index (χ0n) is 27.5. The van der Waals surface area contributed by atoms with Crippen LogP contribution in [0.1, 0.15) is 0 Å². The maximum atomic E-state index is 4.97. The fraction of sp³-hybridized carbons (Fsp3) is 0. The fourth-order valence-electron chi connectivity index (χ4n) is 8.39. The van der Waals surface area contributed by atoms with Gasteiger partial charge in [0.25, 0.3) is 6.71 Å². The lowest BCUT2D eigenvalue weighted by atomic mass is 9.33. The van der Waals surface area contributed by atoms with Gasteiger partial charge in [0.05, 0.1) is 33.2 Å². The summed E-state index contributed by atoms with van der Waals surface area (Å²) in [6.45, 7) is 0.0538.